The van der Waals surface area contributed by atoms with E-state index in [9.17, 15) is 14.7 Å². The lowest BCUT2D eigenvalue weighted by molar-refractivity contribution is -0.146. The molecule has 0 spiro atoms. The maximum absolute atomic E-state index is 12.2. The van der Waals surface area contributed by atoms with E-state index < -0.39 is 11.9 Å². The van der Waals surface area contributed by atoms with Crippen molar-refractivity contribution < 1.29 is 19.4 Å². The van der Waals surface area contributed by atoms with Gasteiger partial charge in [-0.15, -0.1) is 0 Å². The summed E-state index contributed by atoms with van der Waals surface area (Å²) in [6, 6.07) is 0. The van der Waals surface area contributed by atoms with Gasteiger partial charge in [0.2, 0.25) is 5.91 Å². The van der Waals surface area contributed by atoms with Gasteiger partial charge in [-0.25, -0.2) is 0 Å². The second-order valence-corrected chi connectivity index (χ2v) is 6.11. The van der Waals surface area contributed by atoms with Crippen LogP contribution in [0.15, 0.2) is 0 Å². The topological polar surface area (TPSA) is 75.6 Å². The van der Waals surface area contributed by atoms with Crippen molar-refractivity contribution in [3.05, 3.63) is 0 Å². The first-order valence-electron chi connectivity index (χ1n) is 7.70. The van der Waals surface area contributed by atoms with Gasteiger partial charge in [-0.1, -0.05) is 13.3 Å². The van der Waals surface area contributed by atoms with Crippen molar-refractivity contribution in [3.63, 3.8) is 0 Å². The monoisotopic (exact) mass is 283 g/mol. The molecule has 1 saturated heterocycles. The summed E-state index contributed by atoms with van der Waals surface area (Å²) in [5, 5.41) is 12.2. The molecular formula is C15H25NO4. The molecule has 5 heteroatoms. The number of nitrogens with one attached hydrogen (secondary N) is 1. The summed E-state index contributed by atoms with van der Waals surface area (Å²) >= 11 is 0. The summed E-state index contributed by atoms with van der Waals surface area (Å²) in [7, 11) is 0. The van der Waals surface area contributed by atoms with Gasteiger partial charge < -0.3 is 15.2 Å². The number of carboxylic acids is 1. The van der Waals surface area contributed by atoms with Crippen LogP contribution in [0.2, 0.25) is 0 Å². The molecule has 1 heterocycles. The summed E-state index contributed by atoms with van der Waals surface area (Å²) < 4.78 is 5.30. The van der Waals surface area contributed by atoms with Crippen LogP contribution in [-0.2, 0) is 14.3 Å². The minimum Gasteiger partial charge on any atom is -0.481 e. The number of hydrogen-bond acceptors (Lipinski definition) is 3. The number of hydrogen-bond donors (Lipinski definition) is 2. The largest absolute Gasteiger partial charge is 0.481 e. The Morgan fingerprint density at radius 2 is 2.00 bits per heavy atom. The van der Waals surface area contributed by atoms with E-state index in [1.54, 1.807) is 0 Å². The molecule has 2 unspecified atom stereocenters. The van der Waals surface area contributed by atoms with Crippen LogP contribution >= 0.6 is 0 Å². The zero-order valence-electron chi connectivity index (χ0n) is 12.1. The number of carbonyl (C=O) groups excluding carboxylic acids is 1. The lowest BCUT2D eigenvalue weighted by atomic mass is 9.95. The quantitative estimate of drug-likeness (QED) is 0.777. The smallest absolute Gasteiger partial charge is 0.307 e. The molecule has 114 valence electrons. The highest BCUT2D eigenvalue weighted by atomic mass is 16.5. The fraction of sp³-hybridized carbons (Fsp3) is 0.867. The third-order valence-corrected chi connectivity index (χ3v) is 4.77. The standard InChI is InChI=1S/C15H25NO4/c1-2-10-7-12(13(8-10)15(18)19)14(17)16-5-3-11-4-6-20-9-11/h10-13H,2-9H2,1H3,(H,16,17)(H,18,19)/t10?,11?,12-,13+/m0/s1. The van der Waals surface area contributed by atoms with Crippen molar-refractivity contribution in [1.29, 1.82) is 0 Å². The lowest BCUT2D eigenvalue weighted by Gasteiger charge is -2.16. The molecule has 0 aromatic heterocycles. The lowest BCUT2D eigenvalue weighted by Crippen LogP contribution is -2.36. The van der Waals surface area contributed by atoms with Gasteiger partial charge in [0.25, 0.3) is 0 Å². The third-order valence-electron chi connectivity index (χ3n) is 4.77. The Labute approximate surface area is 120 Å². The van der Waals surface area contributed by atoms with E-state index in [1.807, 2.05) is 0 Å². The van der Waals surface area contributed by atoms with Crippen molar-refractivity contribution in [1.82, 2.24) is 5.32 Å². The fourth-order valence-corrected chi connectivity index (χ4v) is 3.38. The SMILES string of the molecule is CCC1C[C@H](C(=O)NCCC2CCOC2)[C@H](C(=O)O)C1. The Morgan fingerprint density at radius 3 is 2.60 bits per heavy atom. The van der Waals surface area contributed by atoms with Crippen molar-refractivity contribution in [2.75, 3.05) is 19.8 Å². The van der Waals surface area contributed by atoms with E-state index in [0.717, 1.165) is 32.5 Å². The van der Waals surface area contributed by atoms with Crippen molar-refractivity contribution in [2.45, 2.75) is 39.0 Å². The van der Waals surface area contributed by atoms with Gasteiger partial charge in [-0.3, -0.25) is 9.59 Å². The molecule has 1 aliphatic carbocycles. The molecule has 4 atom stereocenters. The Kier molecular flexibility index (Phi) is 5.40. The van der Waals surface area contributed by atoms with Crippen LogP contribution in [-0.4, -0.2) is 36.7 Å². The predicted octanol–water partition coefficient (Wildman–Crippen LogP) is 1.67. The Hall–Kier alpha value is -1.10. The summed E-state index contributed by atoms with van der Waals surface area (Å²) in [6.07, 6.45) is 4.29. The van der Waals surface area contributed by atoms with Crippen molar-refractivity contribution in [3.8, 4) is 0 Å². The van der Waals surface area contributed by atoms with Crippen LogP contribution < -0.4 is 5.32 Å². The van der Waals surface area contributed by atoms with E-state index in [1.165, 1.54) is 0 Å². The molecule has 1 aliphatic heterocycles. The summed E-state index contributed by atoms with van der Waals surface area (Å²) in [5.41, 5.74) is 0. The zero-order chi connectivity index (χ0) is 14.5. The Morgan fingerprint density at radius 1 is 1.25 bits per heavy atom. The molecule has 5 nitrogen and oxygen atoms in total. The Bertz CT molecular complexity index is 352. The highest BCUT2D eigenvalue weighted by Gasteiger charge is 2.41. The summed E-state index contributed by atoms with van der Waals surface area (Å²) in [4.78, 5) is 23.5. The van der Waals surface area contributed by atoms with Crippen LogP contribution in [0, 0.1) is 23.7 Å². The molecule has 2 rings (SSSR count). The van der Waals surface area contributed by atoms with Crippen LogP contribution in [0.4, 0.5) is 0 Å². The number of amides is 1. The van der Waals surface area contributed by atoms with E-state index in [0.29, 0.717) is 31.2 Å². The molecule has 20 heavy (non-hydrogen) atoms. The number of carboxylic acid groups (broad SMARTS) is 1. The maximum Gasteiger partial charge on any atom is 0.307 e. The van der Waals surface area contributed by atoms with Gasteiger partial charge in [-0.2, -0.15) is 0 Å². The fourth-order valence-electron chi connectivity index (χ4n) is 3.38. The van der Waals surface area contributed by atoms with E-state index in [2.05, 4.69) is 12.2 Å². The molecular weight excluding hydrogens is 258 g/mol. The maximum atomic E-state index is 12.2. The minimum atomic E-state index is -0.828. The molecule has 0 aromatic carbocycles. The van der Waals surface area contributed by atoms with Crippen LogP contribution in [0.25, 0.3) is 0 Å². The summed E-state index contributed by atoms with van der Waals surface area (Å²) in [6.45, 7) is 4.30. The number of aliphatic carboxylic acids is 1. The average Bonchev–Trinajstić information content (AvgIpc) is 3.07. The van der Waals surface area contributed by atoms with Gasteiger partial charge in [0.1, 0.15) is 0 Å². The summed E-state index contributed by atoms with van der Waals surface area (Å²) in [5.74, 6) is -0.850. The second-order valence-electron chi connectivity index (χ2n) is 6.11. The molecule has 2 fully saturated rings. The first-order chi connectivity index (χ1) is 9.61. The van der Waals surface area contributed by atoms with Crippen molar-refractivity contribution >= 4 is 11.9 Å². The van der Waals surface area contributed by atoms with Gasteiger partial charge in [0.05, 0.1) is 11.8 Å². The van der Waals surface area contributed by atoms with Gasteiger partial charge >= 0.3 is 5.97 Å². The number of rotatable bonds is 6. The zero-order valence-corrected chi connectivity index (χ0v) is 12.1. The van der Waals surface area contributed by atoms with E-state index in [4.69, 9.17) is 4.74 Å². The second kappa shape index (κ2) is 7.07. The van der Waals surface area contributed by atoms with Gasteiger partial charge in [0, 0.05) is 19.8 Å². The predicted molar refractivity (Wildman–Crippen MR) is 74.2 cm³/mol. The van der Waals surface area contributed by atoms with Gasteiger partial charge in [0.15, 0.2) is 0 Å². The molecule has 1 saturated carbocycles. The molecule has 0 aromatic rings. The highest BCUT2D eigenvalue weighted by Crippen LogP contribution is 2.38. The minimum absolute atomic E-state index is 0.0766. The molecule has 2 N–H and O–H groups in total. The average molecular weight is 283 g/mol. The van der Waals surface area contributed by atoms with E-state index in [-0.39, 0.29) is 11.8 Å². The first kappa shape index (κ1) is 15.3. The van der Waals surface area contributed by atoms with Crippen molar-refractivity contribution in [2.24, 2.45) is 23.7 Å². The van der Waals surface area contributed by atoms with E-state index >= 15 is 0 Å². The van der Waals surface area contributed by atoms with Gasteiger partial charge in [-0.05, 0) is 37.5 Å². The first-order valence-corrected chi connectivity index (χ1v) is 7.70. The number of carbonyl (C=O) groups is 2. The molecule has 2 aliphatic rings. The Balaban J connectivity index is 1.79. The third kappa shape index (κ3) is 3.72. The number of ether oxygens (including phenoxy) is 1. The molecule has 1 amide bonds. The normalized spacial score (nSPS) is 33.2. The molecule has 0 radical (unpaired) electrons. The van der Waals surface area contributed by atoms with Crippen LogP contribution in [0.5, 0.6) is 0 Å². The highest BCUT2D eigenvalue weighted by molar-refractivity contribution is 5.85. The van der Waals surface area contributed by atoms with Crippen LogP contribution in [0.1, 0.15) is 39.0 Å². The van der Waals surface area contributed by atoms with Crippen LogP contribution in [0.3, 0.4) is 0 Å². The molecule has 0 bridgehead atoms.